The van der Waals surface area contributed by atoms with Gasteiger partial charge in [-0.25, -0.2) is 0 Å². The van der Waals surface area contributed by atoms with Crippen LogP contribution in [0.15, 0.2) is 22.8 Å². The predicted molar refractivity (Wildman–Crippen MR) is 65.7 cm³/mol. The zero-order valence-corrected chi connectivity index (χ0v) is 10.5. The Kier molecular flexibility index (Phi) is 2.80. The fourth-order valence-corrected chi connectivity index (χ4v) is 2.20. The Morgan fingerprint density at radius 3 is 2.87 bits per heavy atom. The van der Waals surface area contributed by atoms with Crippen molar-refractivity contribution in [3.8, 4) is 0 Å². The van der Waals surface area contributed by atoms with Gasteiger partial charge in [-0.1, -0.05) is 6.07 Å². The lowest BCUT2D eigenvalue weighted by Gasteiger charge is -2.06. The lowest BCUT2D eigenvalue weighted by atomic mass is 10.1. The van der Waals surface area contributed by atoms with E-state index in [1.165, 1.54) is 0 Å². The van der Waals surface area contributed by atoms with Crippen molar-refractivity contribution >= 4 is 26.8 Å². The summed E-state index contributed by atoms with van der Waals surface area (Å²) >= 11 is 3.46. The van der Waals surface area contributed by atoms with Crippen LogP contribution in [0.5, 0.6) is 0 Å². The lowest BCUT2D eigenvalue weighted by molar-refractivity contribution is 0.677. The molecular weight excluding hydrogens is 254 g/mol. The standard InChI is InChI=1S/C11H14BrN3/c1-3-15-10-6-8(7(2)13)4-5-9(10)11(12)14-15/h4-7H,3,13H2,1-2H3. The van der Waals surface area contributed by atoms with Crippen LogP contribution in [0.4, 0.5) is 0 Å². The molecule has 0 radical (unpaired) electrons. The molecule has 2 rings (SSSR count). The summed E-state index contributed by atoms with van der Waals surface area (Å²) in [5.74, 6) is 0. The van der Waals surface area contributed by atoms with Crippen LogP contribution in [0.3, 0.4) is 0 Å². The number of halogens is 1. The van der Waals surface area contributed by atoms with E-state index in [0.29, 0.717) is 0 Å². The molecule has 0 aliphatic carbocycles. The summed E-state index contributed by atoms with van der Waals surface area (Å²) in [5.41, 5.74) is 8.14. The molecule has 0 saturated carbocycles. The van der Waals surface area contributed by atoms with Gasteiger partial charge in [-0.2, -0.15) is 5.10 Å². The van der Waals surface area contributed by atoms with E-state index in [1.54, 1.807) is 0 Å². The number of benzene rings is 1. The van der Waals surface area contributed by atoms with Gasteiger partial charge in [-0.05, 0) is 47.5 Å². The van der Waals surface area contributed by atoms with Crippen LogP contribution in [0, 0.1) is 0 Å². The molecule has 0 fully saturated rings. The van der Waals surface area contributed by atoms with Crippen molar-refractivity contribution in [3.05, 3.63) is 28.4 Å². The van der Waals surface area contributed by atoms with Crippen molar-refractivity contribution in [1.29, 1.82) is 0 Å². The Balaban J connectivity index is 2.68. The van der Waals surface area contributed by atoms with E-state index in [2.05, 4.69) is 46.2 Å². The van der Waals surface area contributed by atoms with E-state index < -0.39 is 0 Å². The van der Waals surface area contributed by atoms with E-state index in [1.807, 2.05) is 11.6 Å². The van der Waals surface area contributed by atoms with Gasteiger partial charge in [0.1, 0.15) is 4.60 Å². The first kappa shape index (κ1) is 10.6. The molecule has 0 aliphatic heterocycles. The van der Waals surface area contributed by atoms with Gasteiger partial charge in [-0.15, -0.1) is 0 Å². The van der Waals surface area contributed by atoms with Crippen molar-refractivity contribution in [2.75, 3.05) is 0 Å². The predicted octanol–water partition coefficient (Wildman–Crippen LogP) is 2.84. The summed E-state index contributed by atoms with van der Waals surface area (Å²) in [5, 5.41) is 5.54. The first-order valence-corrected chi connectivity index (χ1v) is 5.84. The maximum atomic E-state index is 5.86. The summed E-state index contributed by atoms with van der Waals surface area (Å²) in [6.07, 6.45) is 0. The maximum absolute atomic E-state index is 5.86. The number of hydrogen-bond donors (Lipinski definition) is 1. The van der Waals surface area contributed by atoms with Crippen molar-refractivity contribution < 1.29 is 0 Å². The minimum atomic E-state index is 0.0633. The number of fused-ring (bicyclic) bond motifs is 1. The van der Waals surface area contributed by atoms with Crippen molar-refractivity contribution in [3.63, 3.8) is 0 Å². The largest absolute Gasteiger partial charge is 0.324 e. The second-order valence-corrected chi connectivity index (χ2v) is 4.42. The van der Waals surface area contributed by atoms with Gasteiger partial charge < -0.3 is 5.73 Å². The highest BCUT2D eigenvalue weighted by molar-refractivity contribution is 9.10. The van der Waals surface area contributed by atoms with Crippen LogP contribution in [0.25, 0.3) is 10.9 Å². The Hall–Kier alpha value is -0.870. The SMILES string of the molecule is CCn1nc(Br)c2ccc(C(C)N)cc21. The Morgan fingerprint density at radius 2 is 2.27 bits per heavy atom. The summed E-state index contributed by atoms with van der Waals surface area (Å²) in [6, 6.07) is 6.30. The first-order valence-electron chi connectivity index (χ1n) is 5.05. The van der Waals surface area contributed by atoms with Gasteiger partial charge in [0.2, 0.25) is 0 Å². The molecule has 4 heteroatoms. The number of nitrogens with zero attached hydrogens (tertiary/aromatic N) is 2. The molecule has 0 saturated heterocycles. The van der Waals surface area contributed by atoms with Crippen molar-refractivity contribution in [2.45, 2.75) is 26.4 Å². The van der Waals surface area contributed by atoms with Crippen molar-refractivity contribution in [2.24, 2.45) is 5.73 Å². The Labute approximate surface area is 97.4 Å². The summed E-state index contributed by atoms with van der Waals surface area (Å²) in [4.78, 5) is 0. The monoisotopic (exact) mass is 267 g/mol. The summed E-state index contributed by atoms with van der Waals surface area (Å²) < 4.78 is 2.88. The molecule has 0 bridgehead atoms. The number of nitrogens with two attached hydrogens (primary N) is 1. The molecule has 15 heavy (non-hydrogen) atoms. The normalized spacial score (nSPS) is 13.3. The fourth-order valence-electron chi connectivity index (χ4n) is 1.67. The van der Waals surface area contributed by atoms with Crippen LogP contribution >= 0.6 is 15.9 Å². The minimum absolute atomic E-state index is 0.0633. The third-order valence-electron chi connectivity index (χ3n) is 2.56. The average Bonchev–Trinajstić information content (AvgIpc) is 2.55. The first-order chi connectivity index (χ1) is 7.13. The molecule has 1 aromatic carbocycles. The van der Waals surface area contributed by atoms with Gasteiger partial charge in [0.05, 0.1) is 5.52 Å². The van der Waals surface area contributed by atoms with E-state index in [0.717, 1.165) is 27.6 Å². The lowest BCUT2D eigenvalue weighted by Crippen LogP contribution is -2.05. The number of hydrogen-bond acceptors (Lipinski definition) is 2. The highest BCUT2D eigenvalue weighted by Gasteiger charge is 2.09. The Morgan fingerprint density at radius 1 is 1.53 bits per heavy atom. The molecule has 1 atom stereocenters. The number of aromatic nitrogens is 2. The van der Waals surface area contributed by atoms with Crippen LogP contribution in [-0.2, 0) is 6.54 Å². The van der Waals surface area contributed by atoms with Crippen LogP contribution < -0.4 is 5.73 Å². The molecule has 1 unspecified atom stereocenters. The minimum Gasteiger partial charge on any atom is -0.324 e. The van der Waals surface area contributed by atoms with Gasteiger partial charge >= 0.3 is 0 Å². The molecule has 3 nitrogen and oxygen atoms in total. The van der Waals surface area contributed by atoms with Gasteiger partial charge in [0, 0.05) is 18.0 Å². The Bertz CT molecular complexity index is 488. The topological polar surface area (TPSA) is 43.8 Å². The second-order valence-electron chi connectivity index (χ2n) is 3.67. The third-order valence-corrected chi connectivity index (χ3v) is 3.14. The third kappa shape index (κ3) is 1.79. The van der Waals surface area contributed by atoms with Gasteiger partial charge in [0.25, 0.3) is 0 Å². The van der Waals surface area contributed by atoms with E-state index in [-0.39, 0.29) is 6.04 Å². The van der Waals surface area contributed by atoms with Gasteiger partial charge in [0.15, 0.2) is 0 Å². The second kappa shape index (κ2) is 3.94. The molecule has 2 aromatic rings. The molecule has 0 amide bonds. The molecule has 2 N–H and O–H groups in total. The van der Waals surface area contributed by atoms with E-state index >= 15 is 0 Å². The highest BCUT2D eigenvalue weighted by Crippen LogP contribution is 2.25. The quantitative estimate of drug-likeness (QED) is 0.910. The number of rotatable bonds is 2. The molecule has 1 heterocycles. The smallest absolute Gasteiger partial charge is 0.135 e. The van der Waals surface area contributed by atoms with Gasteiger partial charge in [-0.3, -0.25) is 4.68 Å². The van der Waals surface area contributed by atoms with Crippen LogP contribution in [0.1, 0.15) is 25.5 Å². The molecule has 80 valence electrons. The fraction of sp³-hybridized carbons (Fsp3) is 0.364. The average molecular weight is 268 g/mol. The zero-order valence-electron chi connectivity index (χ0n) is 8.87. The highest BCUT2D eigenvalue weighted by atomic mass is 79.9. The molecular formula is C11H14BrN3. The van der Waals surface area contributed by atoms with Crippen LogP contribution in [0.2, 0.25) is 0 Å². The van der Waals surface area contributed by atoms with E-state index in [9.17, 15) is 0 Å². The maximum Gasteiger partial charge on any atom is 0.135 e. The zero-order chi connectivity index (χ0) is 11.0. The molecule has 1 aromatic heterocycles. The van der Waals surface area contributed by atoms with Crippen LogP contribution in [-0.4, -0.2) is 9.78 Å². The van der Waals surface area contributed by atoms with E-state index in [4.69, 9.17) is 5.73 Å². The molecule has 0 spiro atoms. The number of aryl methyl sites for hydroxylation is 1. The van der Waals surface area contributed by atoms with Crippen molar-refractivity contribution in [1.82, 2.24) is 9.78 Å². The summed E-state index contributed by atoms with van der Waals surface area (Å²) in [6.45, 7) is 4.94. The summed E-state index contributed by atoms with van der Waals surface area (Å²) in [7, 11) is 0. The molecule has 0 aliphatic rings.